The molecule has 8 aliphatic rings. The molecule has 3 heterocycles. The number of ether oxygens (including phenoxy) is 4. The van der Waals surface area contributed by atoms with Crippen molar-refractivity contribution in [2.24, 2.45) is 50.7 Å². The van der Waals surface area contributed by atoms with Gasteiger partial charge in [0.15, 0.2) is 12.1 Å². The molecule has 0 aromatic rings. The van der Waals surface area contributed by atoms with Crippen LogP contribution >= 0.6 is 0 Å². The van der Waals surface area contributed by atoms with Gasteiger partial charge in [-0.05, 0) is 105 Å². The molecule has 250 valence electrons. The number of rotatable bonds is 3. The predicted molar refractivity (Wildman–Crippen MR) is 159 cm³/mol. The molecule has 9 nitrogen and oxygen atoms in total. The molecule has 44 heavy (non-hydrogen) atoms. The third-order valence-electron chi connectivity index (χ3n) is 15.9. The average Bonchev–Trinajstić information content (AvgIpc) is 3.45. The highest BCUT2D eigenvalue weighted by molar-refractivity contribution is 5.34. The molecule has 17 atom stereocenters. The highest BCUT2D eigenvalue weighted by atomic mass is 16.8. The number of hydrogen-bond donors (Lipinski definition) is 5. The normalized spacial score (nSPS) is 62.2. The molecule has 0 radical (unpaired) electrons. The van der Waals surface area contributed by atoms with Gasteiger partial charge in [-0.3, -0.25) is 0 Å². The van der Waals surface area contributed by atoms with Gasteiger partial charge in [-0.15, -0.1) is 0 Å². The zero-order valence-electron chi connectivity index (χ0n) is 27.7. The number of hydrogen-bond acceptors (Lipinski definition) is 9. The molecule has 5 saturated carbocycles. The largest absolute Gasteiger partial charge is 0.388 e. The van der Waals surface area contributed by atoms with Crippen molar-refractivity contribution in [3.05, 3.63) is 0 Å². The lowest BCUT2D eigenvalue weighted by molar-refractivity contribution is -0.303. The Labute approximate surface area is 262 Å². The lowest BCUT2D eigenvalue weighted by Crippen LogP contribution is -2.61. The molecule has 5 aliphatic carbocycles. The molecule has 8 rings (SSSR count). The van der Waals surface area contributed by atoms with Crippen molar-refractivity contribution in [3.8, 4) is 0 Å². The highest BCUT2D eigenvalue weighted by Crippen LogP contribution is 2.90. The maximum Gasteiger partial charge on any atom is 0.199 e. The minimum atomic E-state index is -1.28. The summed E-state index contributed by atoms with van der Waals surface area (Å²) in [5.41, 5.74) is -1.39. The lowest BCUT2D eigenvalue weighted by atomic mass is 9.41. The van der Waals surface area contributed by atoms with Gasteiger partial charge in [-0.2, -0.15) is 0 Å². The van der Waals surface area contributed by atoms with Gasteiger partial charge in [-0.1, -0.05) is 34.6 Å². The van der Waals surface area contributed by atoms with E-state index in [2.05, 4.69) is 34.6 Å². The van der Waals surface area contributed by atoms with E-state index >= 15 is 0 Å². The first-order valence-electron chi connectivity index (χ1n) is 17.5. The van der Waals surface area contributed by atoms with Gasteiger partial charge in [-0.25, -0.2) is 0 Å². The van der Waals surface area contributed by atoms with Crippen molar-refractivity contribution in [1.82, 2.24) is 0 Å². The Morgan fingerprint density at radius 3 is 2.23 bits per heavy atom. The molecule has 0 aromatic carbocycles. The molecule has 3 saturated heterocycles. The van der Waals surface area contributed by atoms with Crippen LogP contribution in [0.2, 0.25) is 0 Å². The number of aliphatic hydroxyl groups is 5. The first kappa shape index (κ1) is 30.9. The fraction of sp³-hybridized carbons (Fsp3) is 1.00. The Bertz CT molecular complexity index is 1200. The fourth-order valence-electron chi connectivity index (χ4n) is 14.0. The van der Waals surface area contributed by atoms with Gasteiger partial charge in [0.05, 0.1) is 24.4 Å². The molecule has 3 spiro atoms. The van der Waals surface area contributed by atoms with Crippen molar-refractivity contribution in [3.63, 3.8) is 0 Å². The zero-order chi connectivity index (χ0) is 31.6. The van der Waals surface area contributed by atoms with Gasteiger partial charge in [0, 0.05) is 11.3 Å². The first-order chi connectivity index (χ1) is 20.4. The summed E-state index contributed by atoms with van der Waals surface area (Å²) in [6, 6.07) is 0. The van der Waals surface area contributed by atoms with E-state index in [-0.39, 0.29) is 51.8 Å². The van der Waals surface area contributed by atoms with Gasteiger partial charge < -0.3 is 44.5 Å². The summed E-state index contributed by atoms with van der Waals surface area (Å²) >= 11 is 0. The Morgan fingerprint density at radius 2 is 1.52 bits per heavy atom. The third-order valence-corrected chi connectivity index (χ3v) is 15.9. The van der Waals surface area contributed by atoms with Crippen molar-refractivity contribution in [2.45, 2.75) is 160 Å². The summed E-state index contributed by atoms with van der Waals surface area (Å²) in [5, 5.41) is 54.5. The average molecular weight is 621 g/mol. The Morgan fingerprint density at radius 1 is 0.841 bits per heavy atom. The van der Waals surface area contributed by atoms with Gasteiger partial charge in [0.2, 0.25) is 0 Å². The first-order valence-corrected chi connectivity index (χ1v) is 17.5. The Balaban J connectivity index is 1.10. The molecule has 0 aromatic heterocycles. The van der Waals surface area contributed by atoms with Crippen molar-refractivity contribution in [2.75, 3.05) is 6.61 Å². The van der Waals surface area contributed by atoms with Crippen LogP contribution in [0.1, 0.15) is 99.8 Å². The summed E-state index contributed by atoms with van der Waals surface area (Å²) in [4.78, 5) is 0. The second-order valence-electron chi connectivity index (χ2n) is 18.3. The summed E-state index contributed by atoms with van der Waals surface area (Å²) in [7, 11) is 0. The molecule has 0 amide bonds. The maximum atomic E-state index is 12.7. The smallest absolute Gasteiger partial charge is 0.199 e. The van der Waals surface area contributed by atoms with Crippen LogP contribution in [0.15, 0.2) is 0 Å². The Kier molecular flexibility index (Phi) is 6.33. The van der Waals surface area contributed by atoms with Crippen LogP contribution in [0, 0.1) is 50.7 Å². The van der Waals surface area contributed by atoms with Gasteiger partial charge in [0.1, 0.15) is 30.5 Å². The minimum Gasteiger partial charge on any atom is -0.388 e. The minimum absolute atomic E-state index is 0.0559. The quantitative estimate of drug-likeness (QED) is 0.301. The topological polar surface area (TPSA) is 138 Å². The lowest BCUT2D eigenvalue weighted by Gasteiger charge is -2.63. The van der Waals surface area contributed by atoms with E-state index in [4.69, 9.17) is 18.9 Å². The maximum absolute atomic E-state index is 12.7. The predicted octanol–water partition coefficient (Wildman–Crippen LogP) is 3.12. The van der Waals surface area contributed by atoms with Crippen LogP contribution in [-0.2, 0) is 18.9 Å². The van der Waals surface area contributed by atoms with E-state index in [1.165, 1.54) is 6.42 Å². The van der Waals surface area contributed by atoms with E-state index in [1.807, 2.05) is 0 Å². The van der Waals surface area contributed by atoms with Crippen molar-refractivity contribution < 1.29 is 44.5 Å². The monoisotopic (exact) mass is 620 g/mol. The van der Waals surface area contributed by atoms with Gasteiger partial charge >= 0.3 is 0 Å². The second kappa shape index (κ2) is 9.00. The number of aliphatic hydroxyl groups excluding tert-OH is 4. The molecule has 8 fully saturated rings. The third kappa shape index (κ3) is 3.38. The van der Waals surface area contributed by atoms with Crippen LogP contribution < -0.4 is 0 Å². The molecule has 0 unspecified atom stereocenters. The van der Waals surface area contributed by atoms with Gasteiger partial charge in [0.25, 0.3) is 0 Å². The van der Waals surface area contributed by atoms with Crippen LogP contribution in [0.5, 0.6) is 0 Å². The molecule has 5 N–H and O–H groups in total. The zero-order valence-corrected chi connectivity index (χ0v) is 27.7. The van der Waals surface area contributed by atoms with Crippen molar-refractivity contribution >= 4 is 0 Å². The van der Waals surface area contributed by atoms with E-state index in [0.717, 1.165) is 44.9 Å². The SMILES string of the molecule is C[C@@H]1C[C@H]2O[C@@]3(O[C@@H]2C(C)(C)O)[C@H](O)[C@@]2(C)[C@@H]4CC[C@@H]5C(C)(C)[C@@H](O[C@@H]6OC[C@H](O)[C@H](O)[C@H]6O)CC[C@@]56C[C@@]46CC[C@]2(C)[C@@H]13. The van der Waals surface area contributed by atoms with Crippen LogP contribution in [0.25, 0.3) is 0 Å². The molecule has 2 bridgehead atoms. The van der Waals surface area contributed by atoms with Crippen LogP contribution in [0.4, 0.5) is 0 Å². The molecular formula is C35H56O9. The van der Waals surface area contributed by atoms with E-state index < -0.39 is 48.2 Å². The summed E-state index contributed by atoms with van der Waals surface area (Å²) in [6.45, 7) is 15.2. The highest BCUT2D eigenvalue weighted by Gasteiger charge is 2.88. The molecule has 9 heteroatoms. The summed E-state index contributed by atoms with van der Waals surface area (Å²) in [6.07, 6.45) is 2.00. The second-order valence-corrected chi connectivity index (χ2v) is 18.3. The Hall–Kier alpha value is -0.360. The van der Waals surface area contributed by atoms with Crippen molar-refractivity contribution in [1.29, 1.82) is 0 Å². The van der Waals surface area contributed by atoms with Crippen LogP contribution in [-0.4, -0.2) is 92.5 Å². The van der Waals surface area contributed by atoms with E-state index in [1.54, 1.807) is 13.8 Å². The standard InChI is InChI=1S/C35H56O9/c1-17-14-19-26(30(4,5)40)44-35(43-19)25(17)31(6)12-13-34-16-33(34)11-10-22(42-27-24(38)23(37)18(36)15-41-27)29(2,3)20(33)8-9-21(34)32(31,7)28(35)39/h17-28,36-40H,8-16H2,1-7H3/t17-,18+,19-,20-,21+,22+,23+,24-,25-,26+,27+,28-,31-,32-,33-,34+,35+/m1/s1. The van der Waals surface area contributed by atoms with E-state index in [0.29, 0.717) is 17.8 Å². The van der Waals surface area contributed by atoms with Crippen LogP contribution in [0.3, 0.4) is 0 Å². The summed E-state index contributed by atoms with van der Waals surface area (Å²) < 4.78 is 25.8. The fourth-order valence-corrected chi connectivity index (χ4v) is 14.0. The number of fused-ring (bicyclic) bond motifs is 4. The van der Waals surface area contributed by atoms with E-state index in [9.17, 15) is 25.5 Å². The summed E-state index contributed by atoms with van der Waals surface area (Å²) in [5.74, 6) is 0.108. The molecular weight excluding hydrogens is 564 g/mol. The molecule has 3 aliphatic heterocycles.